The summed E-state index contributed by atoms with van der Waals surface area (Å²) < 4.78 is 59.7. The van der Waals surface area contributed by atoms with Crippen molar-refractivity contribution in [3.63, 3.8) is 0 Å². The maximum absolute atomic E-state index is 13.7. The summed E-state index contributed by atoms with van der Waals surface area (Å²) in [5.41, 5.74) is -0.175. The van der Waals surface area contributed by atoms with Gasteiger partial charge in [-0.25, -0.2) is 13.8 Å². The van der Waals surface area contributed by atoms with Gasteiger partial charge in [0.25, 0.3) is 5.91 Å². The molecule has 1 unspecified atom stereocenters. The number of nitrogens with zero attached hydrogens (tertiary/aromatic N) is 2. The molecule has 0 bridgehead atoms. The molecule has 3 rings (SSSR count). The largest absolute Gasteiger partial charge is 0.438 e. The monoisotopic (exact) mass is 455 g/mol. The first-order chi connectivity index (χ1) is 14.6. The fourth-order valence-corrected chi connectivity index (χ4v) is 3.41. The number of hydrogen-bond donors (Lipinski definition) is 1. The molecule has 5 nitrogen and oxygen atoms in total. The molecule has 1 aliphatic rings. The predicted octanol–water partition coefficient (Wildman–Crippen LogP) is 5.40. The van der Waals surface area contributed by atoms with Crippen molar-refractivity contribution in [1.29, 1.82) is 0 Å². The number of carbonyl (C=O) groups excluding carboxylic acids is 1. The van der Waals surface area contributed by atoms with Crippen molar-refractivity contribution in [3.8, 4) is 11.6 Å². The van der Waals surface area contributed by atoms with Gasteiger partial charge in [-0.15, -0.1) is 11.8 Å². The Hall–Kier alpha value is -2.62. The third-order valence-corrected chi connectivity index (χ3v) is 5.13. The Bertz CT molecular complexity index is 943. The molecule has 1 aliphatic carbocycles. The maximum Gasteiger partial charge on any atom is 0.303 e. The Balaban J connectivity index is 1.88. The normalized spacial score (nSPS) is 17.2. The van der Waals surface area contributed by atoms with Crippen LogP contribution in [0, 0.1) is 5.92 Å². The van der Waals surface area contributed by atoms with E-state index >= 15 is 0 Å². The van der Waals surface area contributed by atoms with Crippen LogP contribution in [0.15, 0.2) is 48.0 Å². The van der Waals surface area contributed by atoms with Crippen molar-refractivity contribution >= 4 is 17.7 Å². The summed E-state index contributed by atoms with van der Waals surface area (Å²) in [5, 5.41) is 4.37. The van der Waals surface area contributed by atoms with Crippen molar-refractivity contribution in [1.82, 2.24) is 15.3 Å². The topological polar surface area (TPSA) is 64.1 Å². The van der Waals surface area contributed by atoms with E-state index in [1.807, 2.05) is 0 Å². The quantitative estimate of drug-likeness (QED) is 0.540. The van der Waals surface area contributed by atoms with Crippen LogP contribution in [-0.2, 0) is 5.92 Å². The summed E-state index contributed by atoms with van der Waals surface area (Å²) in [7, 11) is 0. The summed E-state index contributed by atoms with van der Waals surface area (Å²) in [6, 6.07) is 7.58. The zero-order valence-electron chi connectivity index (χ0n) is 16.8. The number of benzene rings is 1. The van der Waals surface area contributed by atoms with Crippen molar-refractivity contribution in [2.75, 3.05) is 6.26 Å². The van der Waals surface area contributed by atoms with Crippen molar-refractivity contribution < 1.29 is 27.1 Å². The Morgan fingerprint density at radius 3 is 2.58 bits per heavy atom. The Morgan fingerprint density at radius 2 is 2.00 bits per heavy atom. The fraction of sp³-hybridized carbons (Fsp3) is 0.381. The number of alkyl halides is 4. The SMILES string of the molecule is CS/C=C/C(NC(=O)c1cnc(C(C)(F)F)nc1Oc1ccccc1)C1CC(F)(F)C1. The van der Waals surface area contributed by atoms with Gasteiger partial charge >= 0.3 is 5.92 Å². The highest BCUT2D eigenvalue weighted by molar-refractivity contribution is 8.01. The number of aromatic nitrogens is 2. The zero-order valence-corrected chi connectivity index (χ0v) is 17.6. The highest BCUT2D eigenvalue weighted by Crippen LogP contribution is 2.44. The molecule has 10 heteroatoms. The molecular weight excluding hydrogens is 434 g/mol. The molecule has 1 amide bonds. The molecule has 166 valence electrons. The van der Waals surface area contributed by atoms with Crippen LogP contribution >= 0.6 is 11.8 Å². The van der Waals surface area contributed by atoms with E-state index in [4.69, 9.17) is 4.74 Å². The third kappa shape index (κ3) is 5.96. The predicted molar refractivity (Wildman–Crippen MR) is 110 cm³/mol. The van der Waals surface area contributed by atoms with Crippen molar-refractivity contribution in [2.45, 2.75) is 37.7 Å². The average Bonchev–Trinajstić information content (AvgIpc) is 2.69. The van der Waals surface area contributed by atoms with Gasteiger partial charge in [0, 0.05) is 26.0 Å². The summed E-state index contributed by atoms with van der Waals surface area (Å²) in [6.07, 6.45) is 3.70. The van der Waals surface area contributed by atoms with Crippen LogP contribution in [0.2, 0.25) is 0 Å². The van der Waals surface area contributed by atoms with Crippen LogP contribution < -0.4 is 10.1 Å². The lowest BCUT2D eigenvalue weighted by molar-refractivity contribution is -0.114. The van der Waals surface area contributed by atoms with E-state index in [0.717, 1.165) is 6.20 Å². The second kappa shape index (κ2) is 9.25. The first kappa shape index (κ1) is 23.1. The van der Waals surface area contributed by atoms with E-state index < -0.39 is 35.5 Å². The Kier molecular flexibility index (Phi) is 6.88. The summed E-state index contributed by atoms with van der Waals surface area (Å²) >= 11 is 1.36. The van der Waals surface area contributed by atoms with Gasteiger partial charge in [-0.1, -0.05) is 24.3 Å². The van der Waals surface area contributed by atoms with Gasteiger partial charge in [-0.05, 0) is 29.7 Å². The van der Waals surface area contributed by atoms with E-state index in [0.29, 0.717) is 6.92 Å². The molecule has 0 aliphatic heterocycles. The minimum atomic E-state index is -3.34. The number of rotatable bonds is 8. The molecule has 1 atom stereocenters. The minimum absolute atomic E-state index is 0.175. The van der Waals surface area contributed by atoms with Crippen LogP contribution in [0.3, 0.4) is 0 Å². The highest BCUT2D eigenvalue weighted by atomic mass is 32.2. The van der Waals surface area contributed by atoms with E-state index in [-0.39, 0.29) is 30.0 Å². The lowest BCUT2D eigenvalue weighted by Gasteiger charge is -2.39. The van der Waals surface area contributed by atoms with E-state index in [2.05, 4.69) is 15.3 Å². The van der Waals surface area contributed by atoms with Crippen LogP contribution in [0.25, 0.3) is 0 Å². The fourth-order valence-electron chi connectivity index (χ4n) is 3.09. The molecule has 0 radical (unpaired) electrons. The molecule has 1 aromatic carbocycles. The molecule has 1 N–H and O–H groups in total. The third-order valence-electron chi connectivity index (χ3n) is 4.70. The number of halogens is 4. The van der Waals surface area contributed by atoms with Gasteiger partial charge in [-0.3, -0.25) is 4.79 Å². The second-order valence-electron chi connectivity index (χ2n) is 7.30. The first-order valence-corrected chi connectivity index (χ1v) is 10.7. The van der Waals surface area contributed by atoms with Crippen molar-refractivity contribution in [3.05, 3.63) is 59.4 Å². The number of ether oxygens (including phenoxy) is 1. The molecule has 1 aromatic heterocycles. The van der Waals surface area contributed by atoms with Gasteiger partial charge < -0.3 is 10.1 Å². The van der Waals surface area contributed by atoms with Gasteiger partial charge in [0.15, 0.2) is 0 Å². The minimum Gasteiger partial charge on any atom is -0.438 e. The van der Waals surface area contributed by atoms with Crippen LogP contribution in [0.4, 0.5) is 17.6 Å². The number of nitrogens with one attached hydrogen (secondary N) is 1. The lowest BCUT2D eigenvalue weighted by Crippen LogP contribution is -2.48. The molecule has 1 fully saturated rings. The van der Waals surface area contributed by atoms with Gasteiger partial charge in [0.1, 0.15) is 11.3 Å². The molecule has 31 heavy (non-hydrogen) atoms. The second-order valence-corrected chi connectivity index (χ2v) is 8.05. The van der Waals surface area contributed by atoms with E-state index in [1.165, 1.54) is 11.8 Å². The van der Waals surface area contributed by atoms with Crippen molar-refractivity contribution in [2.24, 2.45) is 5.92 Å². The van der Waals surface area contributed by atoms with Gasteiger partial charge in [-0.2, -0.15) is 13.8 Å². The number of hydrogen-bond acceptors (Lipinski definition) is 5. The molecule has 0 spiro atoms. The Labute approximate surface area is 181 Å². The van der Waals surface area contributed by atoms with Gasteiger partial charge in [0.05, 0.1) is 6.04 Å². The molecule has 1 heterocycles. The standard InChI is InChI=1S/C21H21F4N3O2S/c1-20(22,23)19-26-12-15(18(28-19)30-14-6-4-3-5-7-14)17(29)27-16(8-9-31-2)13-10-21(24,25)11-13/h3-9,12-13,16H,10-11H2,1-2H3,(H,27,29)/b9-8+. The smallest absolute Gasteiger partial charge is 0.303 e. The molecular formula is C21H21F4N3O2S. The lowest BCUT2D eigenvalue weighted by atomic mass is 9.76. The first-order valence-electron chi connectivity index (χ1n) is 9.45. The molecule has 1 saturated carbocycles. The number of para-hydroxylation sites is 1. The summed E-state index contributed by atoms with van der Waals surface area (Å²) in [4.78, 5) is 20.3. The van der Waals surface area contributed by atoms with Crippen LogP contribution in [-0.4, -0.2) is 34.1 Å². The van der Waals surface area contributed by atoms with Crippen LogP contribution in [0.5, 0.6) is 11.6 Å². The summed E-state index contributed by atoms with van der Waals surface area (Å²) in [5.74, 6) is -8.10. The summed E-state index contributed by atoms with van der Waals surface area (Å²) in [6.45, 7) is 0.633. The van der Waals surface area contributed by atoms with E-state index in [1.54, 1.807) is 48.1 Å². The molecule has 0 saturated heterocycles. The van der Waals surface area contributed by atoms with Crippen LogP contribution in [0.1, 0.15) is 35.9 Å². The maximum atomic E-state index is 13.7. The number of thioether (sulfide) groups is 1. The van der Waals surface area contributed by atoms with E-state index in [9.17, 15) is 22.4 Å². The Morgan fingerprint density at radius 1 is 1.32 bits per heavy atom. The molecule has 2 aromatic rings. The zero-order chi connectivity index (χ0) is 22.6. The average molecular weight is 455 g/mol. The number of amides is 1. The van der Waals surface area contributed by atoms with Gasteiger partial charge in [0.2, 0.25) is 17.6 Å². The number of carbonyl (C=O) groups is 1. The highest BCUT2D eigenvalue weighted by Gasteiger charge is 2.48.